The molecule has 2 rings (SSSR count). The van der Waals surface area contributed by atoms with Gasteiger partial charge in [-0.3, -0.25) is 14.5 Å². The van der Waals surface area contributed by atoms with E-state index in [9.17, 15) is 4.79 Å². The number of Topliss-reactive ketones (excluding diaryl/α,β-unsaturated/α-hetero) is 1. The third-order valence-corrected chi connectivity index (χ3v) is 2.80. The van der Waals surface area contributed by atoms with Crippen LogP contribution in [0.4, 0.5) is 0 Å². The number of hydrogen-bond acceptors (Lipinski definition) is 3. The molecule has 2 aromatic heterocycles. The minimum atomic E-state index is 0.233. The highest BCUT2D eigenvalue weighted by molar-refractivity contribution is 5.80. The van der Waals surface area contributed by atoms with Gasteiger partial charge in [-0.2, -0.15) is 5.10 Å². The van der Waals surface area contributed by atoms with Crippen LogP contribution >= 0.6 is 0 Å². The first-order chi connectivity index (χ1) is 8.78. The Bertz CT molecular complexity index is 505. The summed E-state index contributed by atoms with van der Waals surface area (Å²) in [6.07, 6.45) is 7.16. The van der Waals surface area contributed by atoms with Crippen LogP contribution in [-0.2, 0) is 24.2 Å². The summed E-state index contributed by atoms with van der Waals surface area (Å²) in [6.45, 7) is 2.86. The molecule has 0 radical (unpaired) electrons. The molecular weight excluding hydrogens is 226 g/mol. The lowest BCUT2D eigenvalue weighted by atomic mass is 10.1. The lowest BCUT2D eigenvalue weighted by molar-refractivity contribution is -0.118. The van der Waals surface area contributed by atoms with E-state index in [-0.39, 0.29) is 5.78 Å². The second-order valence-electron chi connectivity index (χ2n) is 4.24. The van der Waals surface area contributed by atoms with Crippen LogP contribution in [0.5, 0.6) is 0 Å². The van der Waals surface area contributed by atoms with Crippen molar-refractivity contribution in [3.63, 3.8) is 0 Å². The van der Waals surface area contributed by atoms with Crippen LogP contribution < -0.4 is 0 Å². The van der Waals surface area contributed by atoms with Gasteiger partial charge in [-0.15, -0.1) is 0 Å². The van der Waals surface area contributed by atoms with Gasteiger partial charge in [0.1, 0.15) is 5.78 Å². The highest BCUT2D eigenvalue weighted by Gasteiger charge is 2.06. The van der Waals surface area contributed by atoms with Crippen molar-refractivity contribution in [1.82, 2.24) is 14.8 Å². The van der Waals surface area contributed by atoms with Crippen LogP contribution in [0.25, 0.3) is 0 Å². The molecule has 0 atom stereocenters. The lowest BCUT2D eigenvalue weighted by Crippen LogP contribution is -2.04. The molecule has 0 saturated carbocycles. The molecule has 0 aliphatic heterocycles. The van der Waals surface area contributed by atoms with Gasteiger partial charge in [-0.05, 0) is 31.0 Å². The summed E-state index contributed by atoms with van der Waals surface area (Å²) in [5, 5.41) is 4.16. The SMILES string of the molecule is CCn1cc(CC(=O)CCc2ccccn2)cn1. The van der Waals surface area contributed by atoms with Gasteiger partial charge < -0.3 is 0 Å². The van der Waals surface area contributed by atoms with Gasteiger partial charge in [0.05, 0.1) is 6.20 Å². The zero-order chi connectivity index (χ0) is 12.8. The molecule has 4 heteroatoms. The number of ketones is 1. The summed E-state index contributed by atoms with van der Waals surface area (Å²) < 4.78 is 1.83. The number of aryl methyl sites for hydroxylation is 2. The first-order valence-corrected chi connectivity index (χ1v) is 6.21. The van der Waals surface area contributed by atoms with Crippen molar-refractivity contribution in [2.75, 3.05) is 0 Å². The average molecular weight is 243 g/mol. The van der Waals surface area contributed by atoms with Gasteiger partial charge in [0.2, 0.25) is 0 Å². The zero-order valence-electron chi connectivity index (χ0n) is 10.5. The molecule has 0 saturated heterocycles. The Morgan fingerprint density at radius 3 is 2.94 bits per heavy atom. The minimum absolute atomic E-state index is 0.233. The van der Waals surface area contributed by atoms with Crippen molar-refractivity contribution in [1.29, 1.82) is 0 Å². The molecule has 94 valence electrons. The zero-order valence-corrected chi connectivity index (χ0v) is 10.5. The van der Waals surface area contributed by atoms with E-state index in [1.54, 1.807) is 12.4 Å². The topological polar surface area (TPSA) is 47.8 Å². The second kappa shape index (κ2) is 6.10. The summed E-state index contributed by atoms with van der Waals surface area (Å²) in [4.78, 5) is 16.0. The van der Waals surface area contributed by atoms with Crippen molar-refractivity contribution in [3.05, 3.63) is 48.0 Å². The van der Waals surface area contributed by atoms with Crippen molar-refractivity contribution < 1.29 is 4.79 Å². The number of hydrogen-bond donors (Lipinski definition) is 0. The van der Waals surface area contributed by atoms with E-state index in [0.29, 0.717) is 19.3 Å². The molecule has 0 bridgehead atoms. The molecule has 0 N–H and O–H groups in total. The Balaban J connectivity index is 1.82. The highest BCUT2D eigenvalue weighted by Crippen LogP contribution is 2.04. The normalized spacial score (nSPS) is 10.5. The predicted molar refractivity (Wildman–Crippen MR) is 69.2 cm³/mol. The monoisotopic (exact) mass is 243 g/mol. The Labute approximate surface area is 107 Å². The Kier molecular flexibility index (Phi) is 4.23. The molecule has 0 fully saturated rings. The summed E-state index contributed by atoms with van der Waals surface area (Å²) in [6, 6.07) is 5.77. The predicted octanol–water partition coefficient (Wildman–Crippen LogP) is 2.04. The molecule has 4 nitrogen and oxygen atoms in total. The number of nitrogens with zero attached hydrogens (tertiary/aromatic N) is 3. The fourth-order valence-corrected chi connectivity index (χ4v) is 1.80. The van der Waals surface area contributed by atoms with E-state index < -0.39 is 0 Å². The van der Waals surface area contributed by atoms with E-state index in [2.05, 4.69) is 10.1 Å². The molecule has 2 heterocycles. The molecule has 0 aromatic carbocycles. The minimum Gasteiger partial charge on any atom is -0.299 e. The van der Waals surface area contributed by atoms with Crippen molar-refractivity contribution in [2.45, 2.75) is 32.7 Å². The van der Waals surface area contributed by atoms with Crippen molar-refractivity contribution in [2.24, 2.45) is 0 Å². The van der Waals surface area contributed by atoms with E-state index in [1.165, 1.54) is 0 Å². The van der Waals surface area contributed by atoms with Gasteiger partial charge >= 0.3 is 0 Å². The first kappa shape index (κ1) is 12.5. The fourth-order valence-electron chi connectivity index (χ4n) is 1.80. The average Bonchev–Trinajstić information content (AvgIpc) is 2.85. The molecule has 18 heavy (non-hydrogen) atoms. The number of carbonyl (C=O) groups excluding carboxylic acids is 1. The summed E-state index contributed by atoms with van der Waals surface area (Å²) in [7, 11) is 0. The maximum absolute atomic E-state index is 11.8. The van der Waals surface area contributed by atoms with Gasteiger partial charge in [-0.1, -0.05) is 6.07 Å². The van der Waals surface area contributed by atoms with E-state index >= 15 is 0 Å². The van der Waals surface area contributed by atoms with Gasteiger partial charge in [0.25, 0.3) is 0 Å². The lowest BCUT2D eigenvalue weighted by Gasteiger charge is -1.99. The van der Waals surface area contributed by atoms with E-state index in [1.807, 2.05) is 36.0 Å². The molecule has 0 aliphatic rings. The first-order valence-electron chi connectivity index (χ1n) is 6.21. The van der Waals surface area contributed by atoms with Gasteiger partial charge in [0, 0.05) is 37.5 Å². The largest absolute Gasteiger partial charge is 0.299 e. The van der Waals surface area contributed by atoms with E-state index in [4.69, 9.17) is 0 Å². The van der Waals surface area contributed by atoms with E-state index in [0.717, 1.165) is 17.8 Å². The van der Waals surface area contributed by atoms with Gasteiger partial charge in [0.15, 0.2) is 0 Å². The quantitative estimate of drug-likeness (QED) is 0.780. The maximum atomic E-state index is 11.8. The third-order valence-electron chi connectivity index (χ3n) is 2.80. The molecular formula is C14H17N3O. The standard InChI is InChI=1S/C14H17N3O/c1-2-17-11-12(10-16-17)9-14(18)7-6-13-5-3-4-8-15-13/h3-5,8,10-11H,2,6-7,9H2,1H3. The van der Waals surface area contributed by atoms with Crippen LogP contribution in [0.2, 0.25) is 0 Å². The summed E-state index contributed by atoms with van der Waals surface area (Å²) in [5.74, 6) is 0.233. The molecule has 0 aliphatic carbocycles. The van der Waals surface area contributed by atoms with Crippen LogP contribution in [0.3, 0.4) is 0 Å². The van der Waals surface area contributed by atoms with Gasteiger partial charge in [-0.25, -0.2) is 0 Å². The molecule has 0 spiro atoms. The number of pyridine rings is 1. The third kappa shape index (κ3) is 3.52. The van der Waals surface area contributed by atoms with Crippen LogP contribution in [-0.4, -0.2) is 20.5 Å². The number of carbonyl (C=O) groups is 1. The summed E-state index contributed by atoms with van der Waals surface area (Å²) >= 11 is 0. The van der Waals surface area contributed by atoms with Crippen LogP contribution in [0.1, 0.15) is 24.6 Å². The molecule has 2 aromatic rings. The Morgan fingerprint density at radius 2 is 2.28 bits per heavy atom. The maximum Gasteiger partial charge on any atom is 0.137 e. The second-order valence-corrected chi connectivity index (χ2v) is 4.24. The van der Waals surface area contributed by atoms with Crippen molar-refractivity contribution in [3.8, 4) is 0 Å². The van der Waals surface area contributed by atoms with Crippen LogP contribution in [0.15, 0.2) is 36.8 Å². The highest BCUT2D eigenvalue weighted by atomic mass is 16.1. The van der Waals surface area contributed by atoms with Crippen molar-refractivity contribution >= 4 is 5.78 Å². The fraction of sp³-hybridized carbons (Fsp3) is 0.357. The Morgan fingerprint density at radius 1 is 1.39 bits per heavy atom. The molecule has 0 amide bonds. The van der Waals surface area contributed by atoms with Crippen LogP contribution in [0, 0.1) is 0 Å². The number of rotatable bonds is 6. The summed E-state index contributed by atoms with van der Waals surface area (Å²) in [5.41, 5.74) is 1.96. The smallest absolute Gasteiger partial charge is 0.137 e. The number of aromatic nitrogens is 3. The Hall–Kier alpha value is -1.97. The molecule has 0 unspecified atom stereocenters.